The molecule has 0 spiro atoms. The van der Waals surface area contributed by atoms with Crippen molar-refractivity contribution < 1.29 is 19.3 Å². The summed E-state index contributed by atoms with van der Waals surface area (Å²) in [6, 6.07) is -0.823. The second-order valence-electron chi connectivity index (χ2n) is 6.46. The van der Waals surface area contributed by atoms with Crippen LogP contribution in [0.15, 0.2) is 47.1 Å². The molecular weight excluding hydrogens is 372 g/mol. The molecule has 0 bridgehead atoms. The monoisotopic (exact) mass is 400 g/mol. The van der Waals surface area contributed by atoms with Gasteiger partial charge in [-0.2, -0.15) is 0 Å². The summed E-state index contributed by atoms with van der Waals surface area (Å²) < 4.78 is 5.32. The third-order valence-electron chi connectivity index (χ3n) is 2.84. The molecule has 0 unspecified atom stereocenters. The Bertz CT molecular complexity index is 623. The molecule has 0 fully saturated rings. The van der Waals surface area contributed by atoms with E-state index in [1.165, 1.54) is 13.1 Å². The second kappa shape index (κ2) is 11.5. The summed E-state index contributed by atoms with van der Waals surface area (Å²) in [6.45, 7) is 18.1. The van der Waals surface area contributed by atoms with Crippen LogP contribution in [0.3, 0.4) is 0 Å². The number of amidine groups is 1. The number of nitrogens with zero attached hydrogens (tertiary/aromatic N) is 3. The van der Waals surface area contributed by atoms with Crippen molar-refractivity contribution in [2.75, 3.05) is 14.1 Å². The number of esters is 1. The average molecular weight is 401 g/mol. The normalized spacial score (nSPS) is 13.8. The Kier molecular flexibility index (Phi) is 10.6. The Labute approximate surface area is 166 Å². The molecule has 1 N–H and O–H groups in total. The summed E-state index contributed by atoms with van der Waals surface area (Å²) in [4.78, 5) is 30.8. The number of hydrogen-bond acceptors (Lipinski definition) is 7. The molecule has 0 rings (SSSR count). The summed E-state index contributed by atoms with van der Waals surface area (Å²) in [7, 11) is 3.09. The van der Waals surface area contributed by atoms with Crippen molar-refractivity contribution >= 4 is 28.6 Å². The smallest absolute Gasteiger partial charge is 0.308 e. The van der Waals surface area contributed by atoms with Gasteiger partial charge in [-0.15, -0.1) is 4.94 Å². The van der Waals surface area contributed by atoms with E-state index in [1.54, 1.807) is 34.7 Å². The van der Waals surface area contributed by atoms with Gasteiger partial charge in [0.2, 0.25) is 0 Å². The first kappa shape index (κ1) is 24.8. The van der Waals surface area contributed by atoms with E-state index in [1.807, 2.05) is 0 Å². The van der Waals surface area contributed by atoms with E-state index in [0.717, 1.165) is 5.23 Å². The standard InChI is InChI=1S/C18H29ClN4O4/c1-10-12(2)17(19)21-15(11-16(24)25-18(5,6)7)13(3)26-23(9)27-22-14(4)20-8/h10,15H,1-3,11H2,4-9H3,(H,20,22)/t15-/m0/s1. The van der Waals surface area contributed by atoms with E-state index in [2.05, 4.69) is 35.2 Å². The van der Waals surface area contributed by atoms with Crippen molar-refractivity contribution in [2.24, 2.45) is 9.98 Å². The lowest BCUT2D eigenvalue weighted by molar-refractivity contribution is -0.353. The maximum atomic E-state index is 12.2. The van der Waals surface area contributed by atoms with E-state index >= 15 is 0 Å². The maximum Gasteiger partial charge on any atom is 0.308 e. The highest BCUT2D eigenvalue weighted by molar-refractivity contribution is 6.70. The fraction of sp³-hybridized carbons (Fsp3) is 0.500. The van der Waals surface area contributed by atoms with Crippen LogP contribution in [0, 0.1) is 0 Å². The molecule has 0 saturated heterocycles. The molecular formula is C18H29ClN4O4. The minimum Gasteiger partial charge on any atom is -0.460 e. The number of aliphatic imine (C=N–C) groups is 2. The zero-order valence-electron chi connectivity index (χ0n) is 16.8. The molecule has 0 aliphatic carbocycles. The first-order valence-electron chi connectivity index (χ1n) is 8.13. The molecule has 0 radical (unpaired) electrons. The zero-order chi connectivity index (χ0) is 21.2. The minimum atomic E-state index is -0.823. The van der Waals surface area contributed by atoms with Gasteiger partial charge in [-0.25, -0.2) is 5.48 Å². The molecule has 0 amide bonds. The van der Waals surface area contributed by atoms with Gasteiger partial charge >= 0.3 is 5.97 Å². The van der Waals surface area contributed by atoms with Crippen LogP contribution in [0.25, 0.3) is 0 Å². The van der Waals surface area contributed by atoms with Gasteiger partial charge in [0.15, 0.2) is 0 Å². The van der Waals surface area contributed by atoms with Gasteiger partial charge in [-0.05, 0) is 27.7 Å². The zero-order valence-corrected chi connectivity index (χ0v) is 17.6. The molecule has 152 valence electrons. The lowest BCUT2D eigenvalue weighted by Crippen LogP contribution is -2.33. The summed E-state index contributed by atoms with van der Waals surface area (Å²) in [5, 5.41) is 1.09. The number of allylic oxidation sites excluding steroid dienone is 2. The fourth-order valence-corrected chi connectivity index (χ4v) is 1.69. The van der Waals surface area contributed by atoms with E-state index < -0.39 is 17.6 Å². The number of nitrogens with one attached hydrogen (secondary N) is 1. The van der Waals surface area contributed by atoms with Crippen LogP contribution in [0.5, 0.6) is 0 Å². The number of carbonyl (C=O) groups excluding carboxylic acids is 1. The van der Waals surface area contributed by atoms with Gasteiger partial charge in [-0.3, -0.25) is 14.8 Å². The largest absolute Gasteiger partial charge is 0.460 e. The Morgan fingerprint density at radius 3 is 2.44 bits per heavy atom. The molecule has 0 heterocycles. The topological polar surface area (TPSA) is 84.8 Å². The Hall–Kier alpha value is -2.16. The van der Waals surface area contributed by atoms with Gasteiger partial charge in [0, 0.05) is 17.8 Å². The summed E-state index contributed by atoms with van der Waals surface area (Å²) in [5.74, 6) is 0.168. The molecule has 0 aromatic rings. The number of hydroxylamine groups is 3. The van der Waals surface area contributed by atoms with Crippen LogP contribution in [-0.2, 0) is 19.3 Å². The maximum absolute atomic E-state index is 12.2. The molecule has 9 heteroatoms. The fourth-order valence-electron chi connectivity index (χ4n) is 1.50. The van der Waals surface area contributed by atoms with Gasteiger partial charge in [-0.1, -0.05) is 37.4 Å². The minimum absolute atomic E-state index is 0.0824. The van der Waals surface area contributed by atoms with E-state index in [0.29, 0.717) is 11.4 Å². The summed E-state index contributed by atoms with van der Waals surface area (Å²) >= 11 is 6.10. The summed E-state index contributed by atoms with van der Waals surface area (Å²) in [5.41, 5.74) is 2.31. The van der Waals surface area contributed by atoms with Crippen molar-refractivity contribution in [3.63, 3.8) is 0 Å². The van der Waals surface area contributed by atoms with Crippen LogP contribution in [0.1, 0.15) is 34.1 Å². The molecule has 8 nitrogen and oxygen atoms in total. The van der Waals surface area contributed by atoms with Crippen molar-refractivity contribution in [3.8, 4) is 0 Å². The number of hydrogen-bond donors (Lipinski definition) is 1. The Morgan fingerprint density at radius 2 is 1.96 bits per heavy atom. The number of rotatable bonds is 10. The SMILES string of the molecule is C=CC(=C)C(Cl)=N[C@@H](CC(=O)OC(C)(C)C)C(=C)ON(C)ONC(C)=NC. The summed E-state index contributed by atoms with van der Waals surface area (Å²) in [6.07, 6.45) is 1.32. The van der Waals surface area contributed by atoms with Crippen molar-refractivity contribution in [3.05, 3.63) is 37.1 Å². The van der Waals surface area contributed by atoms with E-state index in [-0.39, 0.29) is 17.4 Å². The predicted molar refractivity (Wildman–Crippen MR) is 108 cm³/mol. The first-order valence-corrected chi connectivity index (χ1v) is 8.51. The number of halogens is 1. The predicted octanol–water partition coefficient (Wildman–Crippen LogP) is 3.33. The molecule has 0 aromatic carbocycles. The van der Waals surface area contributed by atoms with Crippen molar-refractivity contribution in [2.45, 2.75) is 45.8 Å². The van der Waals surface area contributed by atoms with Crippen molar-refractivity contribution in [1.82, 2.24) is 10.7 Å². The highest BCUT2D eigenvalue weighted by Gasteiger charge is 2.24. The molecule has 27 heavy (non-hydrogen) atoms. The quantitative estimate of drug-likeness (QED) is 0.151. The van der Waals surface area contributed by atoms with Gasteiger partial charge in [0.25, 0.3) is 0 Å². The first-order chi connectivity index (χ1) is 12.4. The Morgan fingerprint density at radius 1 is 1.37 bits per heavy atom. The van der Waals surface area contributed by atoms with Crippen LogP contribution in [0.2, 0.25) is 0 Å². The lowest BCUT2D eigenvalue weighted by atomic mass is 10.1. The average Bonchev–Trinajstić information content (AvgIpc) is 2.56. The van der Waals surface area contributed by atoms with Gasteiger partial charge in [0.05, 0.1) is 13.5 Å². The van der Waals surface area contributed by atoms with Crippen molar-refractivity contribution in [1.29, 1.82) is 0 Å². The second-order valence-corrected chi connectivity index (χ2v) is 6.81. The Balaban J connectivity index is 5.21. The van der Waals surface area contributed by atoms with Crippen LogP contribution in [-0.4, -0.2) is 47.9 Å². The number of ether oxygens (including phenoxy) is 1. The molecule has 0 aliphatic rings. The van der Waals surface area contributed by atoms with Crippen LogP contribution < -0.4 is 5.48 Å². The third-order valence-corrected chi connectivity index (χ3v) is 3.18. The van der Waals surface area contributed by atoms with Crippen LogP contribution >= 0.6 is 11.6 Å². The van der Waals surface area contributed by atoms with Gasteiger partial charge in [0.1, 0.15) is 28.4 Å². The molecule has 0 saturated carbocycles. The number of carbonyl (C=O) groups is 1. The highest BCUT2D eigenvalue weighted by atomic mass is 35.5. The molecule has 0 aromatic heterocycles. The highest BCUT2D eigenvalue weighted by Crippen LogP contribution is 2.18. The van der Waals surface area contributed by atoms with Crippen LogP contribution in [0.4, 0.5) is 0 Å². The van der Waals surface area contributed by atoms with E-state index in [4.69, 9.17) is 26.1 Å². The molecule has 1 atom stereocenters. The lowest BCUT2D eigenvalue weighted by Gasteiger charge is -2.23. The van der Waals surface area contributed by atoms with Gasteiger partial charge < -0.3 is 9.57 Å². The molecule has 0 aliphatic heterocycles. The third kappa shape index (κ3) is 11.2. The van der Waals surface area contributed by atoms with E-state index in [9.17, 15) is 4.79 Å².